The summed E-state index contributed by atoms with van der Waals surface area (Å²) in [6.45, 7) is 8.00. The zero-order valence-electron chi connectivity index (χ0n) is 18.3. The lowest BCUT2D eigenvalue weighted by atomic mass is 10.2. The summed E-state index contributed by atoms with van der Waals surface area (Å²) in [6.07, 6.45) is 3.84. The first-order valence-corrected chi connectivity index (χ1v) is 12.8. The van der Waals surface area contributed by atoms with Gasteiger partial charge < -0.3 is 14.8 Å². The minimum absolute atomic E-state index is 0.0402. The Bertz CT molecular complexity index is 1020. The van der Waals surface area contributed by atoms with Gasteiger partial charge in [0.05, 0.1) is 24.2 Å². The van der Waals surface area contributed by atoms with Crippen molar-refractivity contribution in [2.45, 2.75) is 57.6 Å². The monoisotopic (exact) mass is 466 g/mol. The van der Waals surface area contributed by atoms with Crippen LogP contribution in [0.25, 0.3) is 0 Å². The molecule has 2 amide bonds. The van der Waals surface area contributed by atoms with E-state index in [9.17, 15) is 13.2 Å². The second-order valence-corrected chi connectivity index (χ2v) is 10.9. The molecule has 1 fully saturated rings. The minimum Gasteiger partial charge on any atom is -0.338 e. The van der Waals surface area contributed by atoms with E-state index in [0.29, 0.717) is 42.7 Å². The number of hydrogen-bond acceptors (Lipinski definition) is 4. The molecule has 0 bridgehead atoms. The van der Waals surface area contributed by atoms with Gasteiger partial charge in [0, 0.05) is 24.7 Å². The predicted molar refractivity (Wildman–Crippen MR) is 122 cm³/mol. The number of carbonyl (C=O) groups is 1. The summed E-state index contributed by atoms with van der Waals surface area (Å²) < 4.78 is 28.2. The first kappa shape index (κ1) is 23.6. The van der Waals surface area contributed by atoms with Crippen LogP contribution >= 0.6 is 11.6 Å². The highest BCUT2D eigenvalue weighted by Crippen LogP contribution is 2.30. The largest absolute Gasteiger partial charge is 0.338 e. The molecule has 31 heavy (non-hydrogen) atoms. The molecule has 170 valence electrons. The smallest absolute Gasteiger partial charge is 0.317 e. The van der Waals surface area contributed by atoms with Crippen LogP contribution in [0.4, 0.5) is 4.79 Å². The van der Waals surface area contributed by atoms with E-state index in [4.69, 9.17) is 11.6 Å². The van der Waals surface area contributed by atoms with Crippen LogP contribution in [0, 0.1) is 11.8 Å². The predicted octanol–water partition coefficient (Wildman–Crippen LogP) is 4.11. The van der Waals surface area contributed by atoms with E-state index in [1.807, 2.05) is 20.8 Å². The average Bonchev–Trinajstić information content (AvgIpc) is 3.40. The lowest BCUT2D eigenvalue weighted by molar-refractivity contribution is 0.191. The Balaban J connectivity index is 1.90. The lowest BCUT2D eigenvalue weighted by Crippen LogP contribution is -2.41. The van der Waals surface area contributed by atoms with Gasteiger partial charge in [-0.2, -0.15) is 0 Å². The highest BCUT2D eigenvalue weighted by atomic mass is 35.5. The van der Waals surface area contributed by atoms with Crippen LogP contribution in [0.5, 0.6) is 0 Å². The van der Waals surface area contributed by atoms with Crippen molar-refractivity contribution >= 4 is 27.5 Å². The van der Waals surface area contributed by atoms with E-state index in [1.54, 1.807) is 39.9 Å². The SMILES string of the molecule is CCNC(=O)N(Cc1cnc(S(=O)(=O)Cc2cccc(Cl)c2)n1CC(C)C)CC1CC1. The molecule has 0 aliphatic heterocycles. The van der Waals surface area contributed by atoms with Crippen LogP contribution in [0.1, 0.15) is 44.9 Å². The molecule has 1 N–H and O–H groups in total. The van der Waals surface area contributed by atoms with Crippen LogP contribution in [-0.4, -0.2) is 42.0 Å². The lowest BCUT2D eigenvalue weighted by Gasteiger charge is -2.24. The third kappa shape index (κ3) is 6.46. The quantitative estimate of drug-likeness (QED) is 0.571. The fraction of sp³-hybridized carbons (Fsp3) is 0.545. The number of sulfone groups is 1. The second-order valence-electron chi connectivity index (χ2n) is 8.58. The first-order valence-electron chi connectivity index (χ1n) is 10.7. The number of nitrogens with zero attached hydrogens (tertiary/aromatic N) is 3. The number of aromatic nitrogens is 2. The van der Waals surface area contributed by atoms with Gasteiger partial charge >= 0.3 is 6.03 Å². The molecule has 0 atom stereocenters. The topological polar surface area (TPSA) is 84.3 Å². The number of nitrogens with one attached hydrogen (secondary N) is 1. The maximum Gasteiger partial charge on any atom is 0.317 e. The number of hydrogen-bond donors (Lipinski definition) is 1. The number of urea groups is 1. The van der Waals surface area contributed by atoms with Crippen molar-refractivity contribution in [3.63, 3.8) is 0 Å². The first-order chi connectivity index (χ1) is 14.7. The summed E-state index contributed by atoms with van der Waals surface area (Å²) in [5, 5.41) is 3.40. The number of benzene rings is 1. The summed E-state index contributed by atoms with van der Waals surface area (Å²) in [6, 6.07) is 6.72. The van der Waals surface area contributed by atoms with Gasteiger partial charge in [-0.15, -0.1) is 0 Å². The molecule has 0 spiro atoms. The van der Waals surface area contributed by atoms with Crippen LogP contribution in [0.15, 0.2) is 35.6 Å². The summed E-state index contributed by atoms with van der Waals surface area (Å²) in [4.78, 5) is 18.6. The van der Waals surface area contributed by atoms with Crippen LogP contribution in [0.2, 0.25) is 5.02 Å². The number of halogens is 1. The molecular weight excluding hydrogens is 436 g/mol. The van der Waals surface area contributed by atoms with Crippen LogP contribution in [-0.2, 0) is 28.7 Å². The normalized spacial score (nSPS) is 14.1. The van der Waals surface area contributed by atoms with Gasteiger partial charge in [-0.1, -0.05) is 37.6 Å². The molecule has 7 nitrogen and oxygen atoms in total. The third-order valence-corrected chi connectivity index (χ3v) is 6.95. The van der Waals surface area contributed by atoms with E-state index < -0.39 is 9.84 Å². The van der Waals surface area contributed by atoms with Crippen molar-refractivity contribution in [1.29, 1.82) is 0 Å². The minimum atomic E-state index is -3.69. The molecule has 1 aliphatic rings. The zero-order valence-corrected chi connectivity index (χ0v) is 19.9. The summed E-state index contributed by atoms with van der Waals surface area (Å²) >= 11 is 6.02. The molecule has 1 aromatic carbocycles. The molecule has 0 saturated heterocycles. The summed E-state index contributed by atoms with van der Waals surface area (Å²) in [5.41, 5.74) is 1.34. The van der Waals surface area contributed by atoms with Crippen molar-refractivity contribution in [1.82, 2.24) is 19.8 Å². The molecule has 9 heteroatoms. The van der Waals surface area contributed by atoms with Crippen molar-refractivity contribution in [2.24, 2.45) is 11.8 Å². The van der Waals surface area contributed by atoms with Gasteiger partial charge in [-0.3, -0.25) is 0 Å². The van der Waals surface area contributed by atoms with Crippen molar-refractivity contribution in [2.75, 3.05) is 13.1 Å². The summed E-state index contributed by atoms with van der Waals surface area (Å²) in [5.74, 6) is 0.564. The maximum absolute atomic E-state index is 13.2. The molecule has 3 rings (SSSR count). The van der Waals surface area contributed by atoms with Crippen molar-refractivity contribution < 1.29 is 13.2 Å². The van der Waals surface area contributed by atoms with Gasteiger partial charge in [0.15, 0.2) is 0 Å². The van der Waals surface area contributed by atoms with E-state index in [2.05, 4.69) is 10.3 Å². The Morgan fingerprint density at radius 2 is 2.10 bits per heavy atom. The molecule has 0 radical (unpaired) electrons. The van der Waals surface area contributed by atoms with Crippen LogP contribution < -0.4 is 5.32 Å². The molecule has 2 aromatic rings. The standard InChI is InChI=1S/C22H31ClN4O3S/c1-4-24-21(28)26(13-17-8-9-17)14-20-11-25-22(27(20)12-16(2)3)31(29,30)15-18-6-5-7-19(23)10-18/h5-7,10-11,16-17H,4,8-9,12-15H2,1-3H3,(H,24,28). The summed E-state index contributed by atoms with van der Waals surface area (Å²) in [7, 11) is -3.69. The number of rotatable bonds is 10. The van der Waals surface area contributed by atoms with Gasteiger partial charge in [-0.25, -0.2) is 18.2 Å². The molecule has 1 aromatic heterocycles. The Kier molecular flexibility index (Phi) is 7.64. The van der Waals surface area contributed by atoms with E-state index in [0.717, 1.165) is 18.5 Å². The maximum atomic E-state index is 13.2. The third-order valence-electron chi connectivity index (χ3n) is 5.12. The van der Waals surface area contributed by atoms with Crippen molar-refractivity contribution in [3.05, 3.63) is 46.7 Å². The zero-order chi connectivity index (χ0) is 22.6. The molecular formula is C22H31ClN4O3S. The average molecular weight is 467 g/mol. The molecule has 1 heterocycles. The van der Waals surface area contributed by atoms with E-state index >= 15 is 0 Å². The number of imidazole rings is 1. The van der Waals surface area contributed by atoms with Gasteiger partial charge in [0.25, 0.3) is 0 Å². The fourth-order valence-corrected chi connectivity index (χ4v) is 5.23. The Morgan fingerprint density at radius 3 is 2.71 bits per heavy atom. The van der Waals surface area contributed by atoms with Crippen LogP contribution in [0.3, 0.4) is 0 Å². The molecule has 0 unspecified atom stereocenters. The highest BCUT2D eigenvalue weighted by Gasteiger charge is 2.29. The van der Waals surface area contributed by atoms with Gasteiger partial charge in [0.1, 0.15) is 0 Å². The van der Waals surface area contributed by atoms with E-state index in [1.165, 1.54) is 0 Å². The van der Waals surface area contributed by atoms with Crippen molar-refractivity contribution in [3.8, 4) is 0 Å². The molecule has 1 aliphatic carbocycles. The second kappa shape index (κ2) is 10.0. The highest BCUT2D eigenvalue weighted by molar-refractivity contribution is 7.90. The molecule has 1 saturated carbocycles. The Morgan fingerprint density at radius 1 is 1.35 bits per heavy atom. The Hall–Kier alpha value is -2.06. The number of amides is 2. The van der Waals surface area contributed by atoms with E-state index in [-0.39, 0.29) is 22.9 Å². The number of carbonyl (C=O) groups excluding carboxylic acids is 1. The fourth-order valence-electron chi connectivity index (χ4n) is 3.53. The van der Waals surface area contributed by atoms with Gasteiger partial charge in [0.2, 0.25) is 15.0 Å². The van der Waals surface area contributed by atoms with Gasteiger partial charge in [-0.05, 0) is 49.3 Å². The Labute approximate surface area is 189 Å².